The second-order valence-corrected chi connectivity index (χ2v) is 5.04. The molecule has 1 saturated carbocycles. The molecule has 21 heavy (non-hydrogen) atoms. The monoisotopic (exact) mass is 290 g/mol. The van der Waals surface area contributed by atoms with Gasteiger partial charge >= 0.3 is 6.01 Å². The second-order valence-electron chi connectivity index (χ2n) is 5.04. The number of hydrogen-bond donors (Lipinski definition) is 2. The summed E-state index contributed by atoms with van der Waals surface area (Å²) in [5, 5.41) is 3.98. The summed E-state index contributed by atoms with van der Waals surface area (Å²) in [5.74, 6) is 6.49. The van der Waals surface area contributed by atoms with Gasteiger partial charge in [-0.05, 0) is 18.8 Å². The summed E-state index contributed by atoms with van der Waals surface area (Å²) in [6, 6.07) is 0.244. The molecule has 0 saturated heterocycles. The van der Waals surface area contributed by atoms with E-state index in [1.54, 1.807) is 0 Å². The van der Waals surface area contributed by atoms with E-state index < -0.39 is 0 Å². The predicted octanol–water partition coefficient (Wildman–Crippen LogP) is 0.697. The van der Waals surface area contributed by atoms with Crippen LogP contribution in [0, 0.1) is 5.92 Å². The first-order valence-electron chi connectivity index (χ1n) is 7.05. The van der Waals surface area contributed by atoms with Crippen LogP contribution in [0.2, 0.25) is 0 Å². The summed E-state index contributed by atoms with van der Waals surface area (Å²) in [4.78, 5) is 16.3. The van der Waals surface area contributed by atoms with Gasteiger partial charge in [-0.15, -0.1) is 0 Å². The van der Waals surface area contributed by atoms with Gasteiger partial charge < -0.3 is 4.74 Å². The number of nitrogen functional groups attached to an aromatic ring is 1. The van der Waals surface area contributed by atoms with Crippen LogP contribution in [-0.4, -0.2) is 36.3 Å². The fraction of sp³-hybridized carbons (Fsp3) is 0.583. The first-order chi connectivity index (χ1) is 10.3. The van der Waals surface area contributed by atoms with E-state index in [4.69, 9.17) is 10.6 Å². The minimum absolute atomic E-state index is 0.231. The highest BCUT2D eigenvalue weighted by Gasteiger charge is 2.16. The second kappa shape index (κ2) is 6.44. The van der Waals surface area contributed by atoms with Gasteiger partial charge in [-0.25, -0.2) is 10.8 Å². The molecule has 3 rings (SSSR count). The minimum atomic E-state index is 0.231. The Hall–Kier alpha value is -2.29. The molecule has 9 nitrogen and oxygen atoms in total. The quantitative estimate of drug-likeness (QED) is 0.610. The molecule has 0 atom stereocenters. The summed E-state index contributed by atoms with van der Waals surface area (Å²) in [5.41, 5.74) is 2.40. The average Bonchev–Trinajstić information content (AvgIpc) is 3.08. The Kier molecular flexibility index (Phi) is 4.20. The number of nitrogens with one attached hydrogen (secondary N) is 1. The Morgan fingerprint density at radius 3 is 2.81 bits per heavy atom. The van der Waals surface area contributed by atoms with Gasteiger partial charge in [0.05, 0.1) is 6.61 Å². The van der Waals surface area contributed by atoms with E-state index in [2.05, 4.69) is 30.5 Å². The highest BCUT2D eigenvalue weighted by Crippen LogP contribution is 2.24. The van der Waals surface area contributed by atoms with E-state index >= 15 is 0 Å². The molecule has 0 radical (unpaired) electrons. The van der Waals surface area contributed by atoms with Crippen molar-refractivity contribution in [1.82, 2.24) is 29.7 Å². The zero-order chi connectivity index (χ0) is 14.5. The van der Waals surface area contributed by atoms with Crippen LogP contribution in [-0.2, 0) is 0 Å². The lowest BCUT2D eigenvalue weighted by Crippen LogP contribution is -2.18. The third-order valence-corrected chi connectivity index (χ3v) is 3.53. The van der Waals surface area contributed by atoms with Crippen molar-refractivity contribution in [3.8, 4) is 12.0 Å². The SMILES string of the molecule is NNc1nc(OCC2CCCCC2)nc(-n2cncn2)n1. The van der Waals surface area contributed by atoms with Crippen molar-refractivity contribution >= 4 is 5.95 Å². The third-order valence-electron chi connectivity index (χ3n) is 3.53. The molecule has 2 aromatic rings. The van der Waals surface area contributed by atoms with Crippen molar-refractivity contribution in [1.29, 1.82) is 0 Å². The van der Waals surface area contributed by atoms with Crippen molar-refractivity contribution in [2.24, 2.45) is 11.8 Å². The highest BCUT2D eigenvalue weighted by atomic mass is 16.5. The van der Waals surface area contributed by atoms with Gasteiger partial charge in [0.2, 0.25) is 5.95 Å². The number of nitrogens with zero attached hydrogens (tertiary/aromatic N) is 6. The molecule has 1 fully saturated rings. The standard InChI is InChI=1S/C12H18N8O/c13-19-10-16-11(20-8-14-7-15-20)18-12(17-10)21-6-9-4-2-1-3-5-9/h7-9H,1-6,13H2,(H,16,17,18,19). The maximum absolute atomic E-state index is 5.71. The summed E-state index contributed by atoms with van der Waals surface area (Å²) >= 11 is 0. The van der Waals surface area contributed by atoms with Crippen molar-refractivity contribution in [3.63, 3.8) is 0 Å². The van der Waals surface area contributed by atoms with E-state index in [-0.39, 0.29) is 12.0 Å². The van der Waals surface area contributed by atoms with Gasteiger partial charge in [0.25, 0.3) is 5.95 Å². The molecule has 0 amide bonds. The number of ether oxygens (including phenoxy) is 1. The lowest BCUT2D eigenvalue weighted by molar-refractivity contribution is 0.196. The Morgan fingerprint density at radius 2 is 2.10 bits per heavy atom. The van der Waals surface area contributed by atoms with E-state index in [0.29, 0.717) is 18.5 Å². The number of aromatic nitrogens is 6. The van der Waals surface area contributed by atoms with Gasteiger partial charge in [-0.1, -0.05) is 19.3 Å². The highest BCUT2D eigenvalue weighted by molar-refractivity contribution is 5.28. The molecule has 1 aliphatic rings. The molecule has 0 aliphatic heterocycles. The number of anilines is 1. The number of hydrogen-bond acceptors (Lipinski definition) is 8. The van der Waals surface area contributed by atoms with Crippen LogP contribution < -0.4 is 16.0 Å². The fourth-order valence-corrected chi connectivity index (χ4v) is 2.44. The van der Waals surface area contributed by atoms with Crippen LogP contribution in [0.25, 0.3) is 5.95 Å². The predicted molar refractivity (Wildman–Crippen MR) is 74.6 cm³/mol. The lowest BCUT2D eigenvalue weighted by atomic mass is 9.90. The van der Waals surface area contributed by atoms with Gasteiger partial charge in [0, 0.05) is 0 Å². The van der Waals surface area contributed by atoms with Crippen LogP contribution in [0.4, 0.5) is 5.95 Å². The molecule has 0 aromatic carbocycles. The van der Waals surface area contributed by atoms with Gasteiger partial charge in [0.15, 0.2) is 0 Å². The van der Waals surface area contributed by atoms with Crippen LogP contribution in [0.1, 0.15) is 32.1 Å². The molecule has 9 heteroatoms. The lowest BCUT2D eigenvalue weighted by Gasteiger charge is -2.21. The van der Waals surface area contributed by atoms with E-state index in [0.717, 1.165) is 0 Å². The van der Waals surface area contributed by atoms with Crippen LogP contribution in [0.15, 0.2) is 12.7 Å². The maximum atomic E-state index is 5.71. The van der Waals surface area contributed by atoms with Gasteiger partial charge in [-0.3, -0.25) is 5.43 Å². The van der Waals surface area contributed by atoms with Crippen molar-refractivity contribution < 1.29 is 4.74 Å². The minimum Gasteiger partial charge on any atom is -0.463 e. The molecule has 112 valence electrons. The zero-order valence-corrected chi connectivity index (χ0v) is 11.6. The summed E-state index contributed by atoms with van der Waals surface area (Å²) in [7, 11) is 0. The molecule has 0 bridgehead atoms. The Morgan fingerprint density at radius 1 is 1.24 bits per heavy atom. The molecule has 1 aliphatic carbocycles. The Balaban J connectivity index is 1.73. The van der Waals surface area contributed by atoms with E-state index in [1.807, 2.05) is 0 Å². The summed E-state index contributed by atoms with van der Waals surface area (Å²) in [6.45, 7) is 0.616. The maximum Gasteiger partial charge on any atom is 0.323 e. The zero-order valence-electron chi connectivity index (χ0n) is 11.6. The average molecular weight is 290 g/mol. The van der Waals surface area contributed by atoms with Crippen LogP contribution in [0.3, 0.4) is 0 Å². The van der Waals surface area contributed by atoms with Crippen molar-refractivity contribution in [3.05, 3.63) is 12.7 Å². The molecule has 3 N–H and O–H groups in total. The normalized spacial score (nSPS) is 15.9. The smallest absolute Gasteiger partial charge is 0.323 e. The first-order valence-corrected chi connectivity index (χ1v) is 7.05. The summed E-state index contributed by atoms with van der Waals surface area (Å²) in [6.07, 6.45) is 9.16. The number of rotatable bonds is 5. The number of hydrazine groups is 1. The molecule has 2 aromatic heterocycles. The third kappa shape index (κ3) is 3.43. The van der Waals surface area contributed by atoms with E-state index in [1.165, 1.54) is 49.4 Å². The van der Waals surface area contributed by atoms with Crippen LogP contribution in [0.5, 0.6) is 6.01 Å². The topological polar surface area (TPSA) is 117 Å². The number of nitrogens with two attached hydrogens (primary N) is 1. The van der Waals surface area contributed by atoms with Crippen molar-refractivity contribution in [2.45, 2.75) is 32.1 Å². The van der Waals surface area contributed by atoms with Gasteiger partial charge in [-0.2, -0.15) is 24.7 Å². The van der Waals surface area contributed by atoms with Crippen LogP contribution >= 0.6 is 0 Å². The largest absolute Gasteiger partial charge is 0.463 e. The Labute approximate surface area is 121 Å². The van der Waals surface area contributed by atoms with Gasteiger partial charge in [0.1, 0.15) is 12.7 Å². The van der Waals surface area contributed by atoms with E-state index in [9.17, 15) is 0 Å². The Bertz CT molecular complexity index is 567. The first kappa shape index (κ1) is 13.7. The molecular formula is C12H18N8O. The molecule has 0 spiro atoms. The molecule has 2 heterocycles. The van der Waals surface area contributed by atoms with Crippen molar-refractivity contribution in [2.75, 3.05) is 12.0 Å². The molecule has 0 unspecified atom stereocenters. The summed E-state index contributed by atoms with van der Waals surface area (Å²) < 4.78 is 7.13. The molecular weight excluding hydrogens is 272 g/mol. The fourth-order valence-electron chi connectivity index (χ4n) is 2.44.